The maximum absolute atomic E-state index is 10.4. The zero-order valence-corrected chi connectivity index (χ0v) is 11.7. The topological polar surface area (TPSA) is 128 Å². The summed E-state index contributed by atoms with van der Waals surface area (Å²) in [4.78, 5) is 20.8. The van der Waals surface area contributed by atoms with Crippen LogP contribution in [0.4, 0.5) is 0 Å². The van der Waals surface area contributed by atoms with Gasteiger partial charge in [-0.2, -0.15) is 0 Å². The molecular weight excluding hydrogens is 235 g/mol. The first-order valence-electron chi connectivity index (χ1n) is 4.73. The van der Waals surface area contributed by atoms with Crippen LogP contribution < -0.4 is 22.1 Å². The second kappa shape index (κ2) is 12.5. The quantitative estimate of drug-likeness (QED) is 0.511. The third-order valence-electron chi connectivity index (χ3n) is 1.75. The minimum absolute atomic E-state index is 0. The number of unbranched alkanes of at least 4 members (excludes halogenated alkanes) is 5. The van der Waals surface area contributed by atoms with Gasteiger partial charge in [0, 0.05) is 6.61 Å². The second-order valence-corrected chi connectivity index (χ2v) is 5.54. The van der Waals surface area contributed by atoms with Gasteiger partial charge in [-0.3, -0.25) is 0 Å². The molecule has 0 radical (unpaired) electrons. The largest absolute Gasteiger partial charge is 0.812 e. The van der Waals surface area contributed by atoms with Crippen molar-refractivity contribution in [2.24, 2.45) is 0 Å². The first-order valence-corrected chi connectivity index (χ1v) is 7.28. The van der Waals surface area contributed by atoms with Crippen LogP contribution in [0.1, 0.15) is 45.4 Å². The molecule has 0 aliphatic carbocycles. The lowest BCUT2D eigenvalue weighted by Crippen LogP contribution is -2.16. The van der Waals surface area contributed by atoms with Crippen LogP contribution >= 0.6 is 6.72 Å². The smallest absolute Gasteiger partial charge is 0.0486 e. The predicted molar refractivity (Wildman–Crippen MR) is 65.6 cm³/mol. The zero-order valence-electron chi connectivity index (χ0n) is 10.0. The summed E-state index contributed by atoms with van der Waals surface area (Å²) in [6.45, 7) is -1.49. The Kier molecular flexibility index (Phi) is 17.4. The summed E-state index contributed by atoms with van der Waals surface area (Å²) < 4.78 is 4.45. The molecule has 0 unspecified atom stereocenters. The first-order chi connectivity index (χ1) is 6.06. The van der Waals surface area contributed by atoms with Crippen LogP contribution in [-0.4, -0.2) is 6.61 Å². The Balaban J connectivity index is -0.000000720. The van der Waals surface area contributed by atoms with E-state index in [1.807, 2.05) is 0 Å². The Morgan fingerprint density at radius 1 is 1.00 bits per heavy atom. The number of rotatable bonds is 8. The lowest BCUT2D eigenvalue weighted by molar-refractivity contribution is -0.321. The van der Waals surface area contributed by atoms with E-state index in [0.29, 0.717) is 0 Å². The average Bonchev–Trinajstić information content (AvgIpc) is 2.01. The number of hydrogen-bond acceptors (Lipinski definition) is 4. The van der Waals surface area contributed by atoms with Gasteiger partial charge < -0.3 is 26.6 Å². The van der Waals surface area contributed by atoms with Gasteiger partial charge in [0.2, 0.25) is 0 Å². The highest BCUT2D eigenvalue weighted by Gasteiger charge is 1.90. The molecule has 0 bridgehead atoms. The summed E-state index contributed by atoms with van der Waals surface area (Å²) >= 11 is 4.08. The zero-order chi connectivity index (χ0) is 10.2. The molecule has 5 nitrogen and oxygen atoms in total. The lowest BCUT2D eigenvalue weighted by Gasteiger charge is -2.34. The van der Waals surface area contributed by atoms with Gasteiger partial charge in [0.1, 0.15) is 0 Å². The third kappa shape index (κ3) is 20.5. The van der Waals surface area contributed by atoms with E-state index in [1.54, 1.807) is 0 Å². The molecule has 0 atom stereocenters. The average molecular weight is 260 g/mol. The van der Waals surface area contributed by atoms with E-state index < -0.39 is 6.72 Å². The highest BCUT2D eigenvalue weighted by molar-refractivity contribution is 8.05. The Hall–Kier alpha value is 0.450. The maximum atomic E-state index is 10.4. The molecule has 8 N–H and O–H groups in total. The van der Waals surface area contributed by atoms with Gasteiger partial charge in [-0.15, -0.1) is 11.8 Å². The molecular formula is C8H25N2O3PS. The molecule has 0 aromatic heterocycles. The molecule has 0 aliphatic heterocycles. The fourth-order valence-corrected chi connectivity index (χ4v) is 1.64. The van der Waals surface area contributed by atoms with Gasteiger partial charge in [0.25, 0.3) is 0 Å². The monoisotopic (exact) mass is 260 g/mol. The minimum Gasteiger partial charge on any atom is -0.812 e. The summed E-state index contributed by atoms with van der Waals surface area (Å²) in [6, 6.07) is 0. The number of quaternary nitrogens is 2. The molecule has 0 saturated heterocycles. The highest BCUT2D eigenvalue weighted by Crippen LogP contribution is 2.25. The van der Waals surface area contributed by atoms with Crippen molar-refractivity contribution < 1.29 is 14.3 Å². The second-order valence-electron chi connectivity index (χ2n) is 3.05. The van der Waals surface area contributed by atoms with Crippen molar-refractivity contribution in [3.05, 3.63) is 0 Å². The van der Waals surface area contributed by atoms with Crippen LogP contribution in [0.25, 0.3) is 0 Å². The van der Waals surface area contributed by atoms with E-state index >= 15 is 0 Å². The standard InChI is InChI=1S/C8H19O3PS.2H3N/c1-2-3-4-5-6-7-8-11-12(9,10)13;;/h2-8H2,1H3,(H2,9,10,13);2*1H3. The molecule has 0 aromatic carbocycles. The minimum atomic E-state index is -3.89. The molecule has 0 fully saturated rings. The molecule has 0 heterocycles. The van der Waals surface area contributed by atoms with Crippen molar-refractivity contribution in [2.75, 3.05) is 6.61 Å². The van der Waals surface area contributed by atoms with E-state index in [2.05, 4.69) is 23.3 Å². The van der Waals surface area contributed by atoms with Crippen LogP contribution in [-0.2, 0) is 16.3 Å². The van der Waals surface area contributed by atoms with E-state index in [-0.39, 0.29) is 18.9 Å². The van der Waals surface area contributed by atoms with Gasteiger partial charge in [-0.1, -0.05) is 45.7 Å². The van der Waals surface area contributed by atoms with Crippen LogP contribution in [0, 0.1) is 0 Å². The predicted octanol–water partition coefficient (Wildman–Crippen LogP) is 2.06. The van der Waals surface area contributed by atoms with E-state index in [0.717, 1.165) is 19.3 Å². The normalized spacial score (nSPS) is 10.3. The van der Waals surface area contributed by atoms with Gasteiger partial charge in [0.15, 0.2) is 0 Å². The Morgan fingerprint density at radius 2 is 1.47 bits per heavy atom. The Bertz CT molecular complexity index is 166. The molecule has 0 rings (SSSR count). The summed E-state index contributed by atoms with van der Waals surface area (Å²) in [5.41, 5.74) is 0. The van der Waals surface area contributed by atoms with Crippen LogP contribution in [0.2, 0.25) is 0 Å². The van der Waals surface area contributed by atoms with Crippen molar-refractivity contribution in [2.45, 2.75) is 45.4 Å². The molecule has 0 aliphatic rings. The summed E-state index contributed by atoms with van der Waals surface area (Å²) in [6.07, 6.45) is 6.65. The van der Waals surface area contributed by atoms with Gasteiger partial charge in [0.05, 0.1) is 0 Å². The fourth-order valence-electron chi connectivity index (χ4n) is 1.06. The SMILES string of the molecule is CCCCCCCCOP([O-])([O-])=S.[NH4+].[NH4+]. The molecule has 0 spiro atoms. The van der Waals surface area contributed by atoms with Crippen molar-refractivity contribution in [1.82, 2.24) is 12.3 Å². The van der Waals surface area contributed by atoms with E-state index in [1.165, 1.54) is 19.3 Å². The highest BCUT2D eigenvalue weighted by atomic mass is 32.5. The van der Waals surface area contributed by atoms with Crippen molar-refractivity contribution in [1.29, 1.82) is 0 Å². The molecule has 15 heavy (non-hydrogen) atoms. The molecule has 96 valence electrons. The molecule has 0 aromatic rings. The van der Waals surface area contributed by atoms with Gasteiger partial charge in [-0.05, 0) is 6.42 Å². The van der Waals surface area contributed by atoms with Gasteiger partial charge >= 0.3 is 0 Å². The van der Waals surface area contributed by atoms with Crippen molar-refractivity contribution in [3.8, 4) is 0 Å². The van der Waals surface area contributed by atoms with Crippen LogP contribution in [0.5, 0.6) is 0 Å². The lowest BCUT2D eigenvalue weighted by atomic mass is 10.1. The first kappa shape index (κ1) is 20.8. The van der Waals surface area contributed by atoms with E-state index in [4.69, 9.17) is 0 Å². The third-order valence-corrected chi connectivity index (χ3v) is 2.56. The van der Waals surface area contributed by atoms with Gasteiger partial charge in [-0.25, -0.2) is 0 Å². The summed E-state index contributed by atoms with van der Waals surface area (Å²) in [7, 11) is 0. The molecule has 7 heteroatoms. The Morgan fingerprint density at radius 3 is 1.93 bits per heavy atom. The summed E-state index contributed by atoms with van der Waals surface area (Å²) in [5.74, 6) is 0. The van der Waals surface area contributed by atoms with Crippen LogP contribution in [0.15, 0.2) is 0 Å². The molecule has 0 amide bonds. The van der Waals surface area contributed by atoms with E-state index in [9.17, 15) is 9.79 Å². The van der Waals surface area contributed by atoms with Crippen LogP contribution in [0.3, 0.4) is 0 Å². The summed E-state index contributed by atoms with van der Waals surface area (Å²) in [5, 5.41) is 0. The molecule has 0 saturated carbocycles. The fraction of sp³-hybridized carbons (Fsp3) is 1.00. The van der Waals surface area contributed by atoms with Crippen molar-refractivity contribution >= 4 is 18.5 Å². The van der Waals surface area contributed by atoms with Crippen molar-refractivity contribution in [3.63, 3.8) is 0 Å². The Labute approximate surface area is 97.6 Å². The number of hydrogen-bond donors (Lipinski definition) is 2. The maximum Gasteiger partial charge on any atom is 0.0486 e.